The minimum atomic E-state index is -0.352. The van der Waals surface area contributed by atoms with Gasteiger partial charge in [-0.05, 0) is 36.8 Å². The van der Waals surface area contributed by atoms with Crippen molar-refractivity contribution in [2.45, 2.75) is 19.5 Å². The van der Waals surface area contributed by atoms with Gasteiger partial charge in [0.1, 0.15) is 11.6 Å². The zero-order valence-electron chi connectivity index (χ0n) is 15.9. The van der Waals surface area contributed by atoms with Gasteiger partial charge in [-0.2, -0.15) is 0 Å². The third-order valence-electron chi connectivity index (χ3n) is 4.62. The maximum Gasteiger partial charge on any atom is 0.253 e. The molecule has 0 spiro atoms. The molecule has 2 heterocycles. The molecule has 0 saturated heterocycles. The summed E-state index contributed by atoms with van der Waals surface area (Å²) in [4.78, 5) is 20.9. The first-order valence-corrected chi connectivity index (χ1v) is 8.98. The van der Waals surface area contributed by atoms with Gasteiger partial charge in [-0.25, -0.2) is 9.37 Å². The van der Waals surface area contributed by atoms with Crippen molar-refractivity contribution >= 4 is 17.4 Å². The van der Waals surface area contributed by atoms with Crippen LogP contribution in [0.15, 0.2) is 36.5 Å². The number of nitrogens with one attached hydrogen (secondary N) is 1. The topological polar surface area (TPSA) is 57.7 Å². The molecule has 1 unspecified atom stereocenters. The summed E-state index contributed by atoms with van der Waals surface area (Å²) in [6, 6.07) is 8.21. The molecule has 7 heteroatoms. The number of halogens is 1. The van der Waals surface area contributed by atoms with E-state index in [9.17, 15) is 9.18 Å². The Balaban J connectivity index is 1.81. The lowest BCUT2D eigenvalue weighted by atomic mass is 10.1. The van der Waals surface area contributed by atoms with E-state index in [0.717, 1.165) is 17.9 Å². The number of aromatic nitrogens is 1. The molecule has 27 heavy (non-hydrogen) atoms. The number of pyridine rings is 1. The van der Waals surface area contributed by atoms with Crippen molar-refractivity contribution in [1.29, 1.82) is 0 Å². The van der Waals surface area contributed by atoms with E-state index in [1.807, 2.05) is 42.1 Å². The van der Waals surface area contributed by atoms with Crippen LogP contribution in [0.2, 0.25) is 0 Å². The molecule has 2 aromatic rings. The molecular formula is C20H25FN4O2. The van der Waals surface area contributed by atoms with Gasteiger partial charge in [0.25, 0.3) is 5.91 Å². The molecule has 1 N–H and O–H groups in total. The van der Waals surface area contributed by atoms with Gasteiger partial charge in [0, 0.05) is 46.0 Å². The molecule has 0 fully saturated rings. The van der Waals surface area contributed by atoms with E-state index in [1.54, 1.807) is 7.11 Å². The van der Waals surface area contributed by atoms with Crippen LogP contribution in [0.3, 0.4) is 0 Å². The predicted molar refractivity (Wildman–Crippen MR) is 104 cm³/mol. The summed E-state index contributed by atoms with van der Waals surface area (Å²) in [7, 11) is 3.64. The molecule has 0 bridgehead atoms. The van der Waals surface area contributed by atoms with Gasteiger partial charge in [0.2, 0.25) is 0 Å². The van der Waals surface area contributed by atoms with Gasteiger partial charge in [-0.1, -0.05) is 6.07 Å². The largest absolute Gasteiger partial charge is 0.383 e. The fourth-order valence-corrected chi connectivity index (χ4v) is 3.18. The molecular weight excluding hydrogens is 347 g/mol. The van der Waals surface area contributed by atoms with Crippen molar-refractivity contribution in [2.24, 2.45) is 0 Å². The molecule has 1 aliphatic heterocycles. The van der Waals surface area contributed by atoms with Crippen LogP contribution in [0.4, 0.5) is 15.9 Å². The number of nitrogens with zero attached hydrogens (tertiary/aromatic N) is 3. The lowest BCUT2D eigenvalue weighted by molar-refractivity contribution is 0.0945. The molecule has 1 atom stereocenters. The van der Waals surface area contributed by atoms with E-state index in [1.165, 1.54) is 18.2 Å². The summed E-state index contributed by atoms with van der Waals surface area (Å²) in [6.45, 7) is 4.48. The number of methoxy groups -OCH3 is 1. The molecule has 0 radical (unpaired) electrons. The highest BCUT2D eigenvalue weighted by atomic mass is 19.1. The van der Waals surface area contributed by atoms with Crippen LogP contribution < -0.4 is 15.1 Å². The summed E-state index contributed by atoms with van der Waals surface area (Å²) in [6.07, 6.45) is 1.82. The van der Waals surface area contributed by atoms with Gasteiger partial charge in [-0.3, -0.25) is 4.79 Å². The number of likely N-dealkylation sites (N-methyl/N-ethyl adjacent to an activating group) is 1. The zero-order valence-corrected chi connectivity index (χ0v) is 15.9. The Morgan fingerprint density at radius 1 is 1.37 bits per heavy atom. The van der Waals surface area contributed by atoms with Crippen molar-refractivity contribution in [3.8, 4) is 0 Å². The monoisotopic (exact) mass is 372 g/mol. The maximum atomic E-state index is 13.8. The van der Waals surface area contributed by atoms with Gasteiger partial charge >= 0.3 is 0 Å². The van der Waals surface area contributed by atoms with E-state index in [4.69, 9.17) is 4.74 Å². The van der Waals surface area contributed by atoms with Crippen molar-refractivity contribution in [2.75, 3.05) is 43.7 Å². The number of hydrogen-bond donors (Lipinski definition) is 1. The first kappa shape index (κ1) is 19.1. The summed E-state index contributed by atoms with van der Waals surface area (Å²) in [5, 5.41) is 2.94. The third kappa shape index (κ3) is 4.54. The average Bonchev–Trinajstić information content (AvgIpc) is 2.76. The number of rotatable bonds is 6. The van der Waals surface area contributed by atoms with E-state index in [-0.39, 0.29) is 17.8 Å². The Morgan fingerprint density at radius 2 is 2.19 bits per heavy atom. The van der Waals surface area contributed by atoms with Crippen LogP contribution in [0.5, 0.6) is 0 Å². The van der Waals surface area contributed by atoms with Gasteiger partial charge < -0.3 is 19.9 Å². The molecule has 1 aromatic carbocycles. The van der Waals surface area contributed by atoms with E-state index < -0.39 is 0 Å². The Kier molecular flexibility index (Phi) is 5.91. The van der Waals surface area contributed by atoms with Crippen molar-refractivity contribution in [3.63, 3.8) is 0 Å². The number of hydrogen-bond acceptors (Lipinski definition) is 5. The fourth-order valence-electron chi connectivity index (χ4n) is 3.18. The second-order valence-electron chi connectivity index (χ2n) is 6.86. The zero-order chi connectivity index (χ0) is 19.4. The molecule has 144 valence electrons. The highest BCUT2D eigenvalue weighted by Crippen LogP contribution is 2.26. The van der Waals surface area contributed by atoms with Crippen LogP contribution in [-0.2, 0) is 11.3 Å². The Hall–Kier alpha value is -2.67. The maximum absolute atomic E-state index is 13.8. The Labute approximate surface area is 158 Å². The van der Waals surface area contributed by atoms with Crippen LogP contribution in [0.1, 0.15) is 22.8 Å². The van der Waals surface area contributed by atoms with Crippen molar-refractivity contribution < 1.29 is 13.9 Å². The second kappa shape index (κ2) is 8.35. The summed E-state index contributed by atoms with van der Waals surface area (Å²) < 4.78 is 18.9. The summed E-state index contributed by atoms with van der Waals surface area (Å²) in [5.74, 6) is 0.339. The number of anilines is 2. The number of carbonyl (C=O) groups is 1. The summed E-state index contributed by atoms with van der Waals surface area (Å²) >= 11 is 0. The van der Waals surface area contributed by atoms with Crippen LogP contribution in [0.25, 0.3) is 0 Å². The molecule has 0 saturated carbocycles. The van der Waals surface area contributed by atoms with Gasteiger partial charge in [0.05, 0.1) is 17.9 Å². The highest BCUT2D eigenvalue weighted by Gasteiger charge is 2.25. The smallest absolute Gasteiger partial charge is 0.253 e. The van der Waals surface area contributed by atoms with Crippen molar-refractivity contribution in [1.82, 2.24) is 10.3 Å². The average molecular weight is 372 g/mol. The van der Waals surface area contributed by atoms with Gasteiger partial charge in [0.15, 0.2) is 0 Å². The van der Waals surface area contributed by atoms with E-state index in [2.05, 4.69) is 10.3 Å². The number of benzene rings is 1. The first-order chi connectivity index (χ1) is 13.0. The number of ether oxygens (including phenoxy) is 1. The Bertz CT molecular complexity index is 797. The van der Waals surface area contributed by atoms with Crippen LogP contribution in [0, 0.1) is 5.82 Å². The lowest BCUT2D eigenvalue weighted by Gasteiger charge is -2.26. The molecule has 0 aliphatic carbocycles. The number of amides is 1. The van der Waals surface area contributed by atoms with E-state index in [0.29, 0.717) is 30.9 Å². The molecule has 6 nitrogen and oxygen atoms in total. The Morgan fingerprint density at radius 3 is 2.89 bits per heavy atom. The number of fused-ring (bicyclic) bond motifs is 1. The standard InChI is InChI=1S/C20H25FN4O2/c1-14-12-25(18-10-16(21)5-6-17(18)20(26)23-14)13-15-4-7-19(22-11-15)24(2)8-9-27-3/h4-7,10-11,14H,8-9,12-13H2,1-3H3,(H,23,26). The van der Waals surface area contributed by atoms with Crippen LogP contribution in [-0.4, -0.2) is 50.8 Å². The minimum absolute atomic E-state index is 0.0413. The van der Waals surface area contributed by atoms with Gasteiger partial charge in [-0.15, -0.1) is 0 Å². The summed E-state index contributed by atoms with van der Waals surface area (Å²) in [5.41, 5.74) is 2.10. The predicted octanol–water partition coefficient (Wildman–Crippen LogP) is 2.44. The molecule has 1 aliphatic rings. The molecule has 1 aromatic heterocycles. The SMILES string of the molecule is COCCN(C)c1ccc(CN2CC(C)NC(=O)c3ccc(F)cc32)cn1. The van der Waals surface area contributed by atoms with Crippen molar-refractivity contribution in [3.05, 3.63) is 53.5 Å². The lowest BCUT2D eigenvalue weighted by Crippen LogP contribution is -2.38. The second-order valence-corrected chi connectivity index (χ2v) is 6.86. The minimum Gasteiger partial charge on any atom is -0.383 e. The quantitative estimate of drug-likeness (QED) is 0.844. The third-order valence-corrected chi connectivity index (χ3v) is 4.62. The van der Waals surface area contributed by atoms with Crippen LogP contribution >= 0.6 is 0 Å². The highest BCUT2D eigenvalue weighted by molar-refractivity contribution is 6.00. The molecule has 3 rings (SSSR count). The fraction of sp³-hybridized carbons (Fsp3) is 0.400. The normalized spacial score (nSPS) is 16.5. The first-order valence-electron chi connectivity index (χ1n) is 8.98. The van der Waals surface area contributed by atoms with E-state index >= 15 is 0 Å². The molecule has 1 amide bonds. The number of carbonyl (C=O) groups excluding carboxylic acids is 1.